The minimum absolute atomic E-state index is 0.0779. The maximum Gasteiger partial charge on any atom is 0.0852 e. The summed E-state index contributed by atoms with van der Waals surface area (Å²) in [6, 6.07) is 14.9. The van der Waals surface area contributed by atoms with E-state index >= 15 is 0 Å². The molecule has 2 aromatic carbocycles. The van der Waals surface area contributed by atoms with Gasteiger partial charge < -0.3 is 0 Å². The van der Waals surface area contributed by atoms with E-state index in [2.05, 4.69) is 77.4 Å². The van der Waals surface area contributed by atoms with Crippen molar-refractivity contribution in [3.05, 3.63) is 67.4 Å². The van der Waals surface area contributed by atoms with E-state index in [1.54, 1.807) is 11.3 Å². The summed E-state index contributed by atoms with van der Waals surface area (Å²) in [6.45, 7) is 2.13. The average Bonchev–Trinajstić information content (AvgIpc) is 2.85. The van der Waals surface area contributed by atoms with Crippen LogP contribution in [0.3, 0.4) is 0 Å². The van der Waals surface area contributed by atoms with Crippen molar-refractivity contribution in [1.29, 1.82) is 0 Å². The minimum atomic E-state index is -0.0779. The molecule has 96 valence electrons. The topological polar surface area (TPSA) is 0 Å². The largest absolute Gasteiger partial charge is 0.137 e. The van der Waals surface area contributed by atoms with Crippen molar-refractivity contribution in [2.75, 3.05) is 0 Å². The van der Waals surface area contributed by atoms with E-state index in [-0.39, 0.29) is 5.38 Å². The molecule has 1 aromatic heterocycles. The normalized spacial score (nSPS) is 12.8. The molecule has 3 rings (SSSR count). The van der Waals surface area contributed by atoms with Gasteiger partial charge in [0.2, 0.25) is 0 Å². The number of rotatable bonds is 2. The summed E-state index contributed by atoms with van der Waals surface area (Å²) < 4.78 is 1.27. The number of benzene rings is 2. The first-order chi connectivity index (χ1) is 9.16. The third-order valence-electron chi connectivity index (χ3n) is 3.32. The molecule has 0 saturated heterocycles. The Kier molecular flexibility index (Phi) is 3.83. The lowest BCUT2D eigenvalue weighted by Gasteiger charge is -2.15. The highest BCUT2D eigenvalue weighted by Gasteiger charge is 2.17. The minimum Gasteiger partial charge on any atom is -0.137 e. The Labute approximate surface area is 135 Å². The molecule has 1 unspecified atom stereocenters. The summed E-state index contributed by atoms with van der Waals surface area (Å²) in [5, 5.41) is 4.58. The zero-order valence-electron chi connectivity index (χ0n) is 10.4. The van der Waals surface area contributed by atoms with Crippen LogP contribution in [0.5, 0.6) is 0 Å². The van der Waals surface area contributed by atoms with E-state index in [1.165, 1.54) is 30.3 Å². The summed E-state index contributed by atoms with van der Waals surface area (Å²) >= 11 is 10.8. The van der Waals surface area contributed by atoms with Crippen molar-refractivity contribution in [2.45, 2.75) is 12.3 Å². The monoisotopic (exact) mass is 398 g/mol. The summed E-state index contributed by atoms with van der Waals surface area (Å²) in [4.78, 5) is 0. The molecule has 0 radical (unpaired) electrons. The van der Waals surface area contributed by atoms with Crippen LogP contribution in [-0.2, 0) is 0 Å². The van der Waals surface area contributed by atoms with E-state index in [9.17, 15) is 0 Å². The smallest absolute Gasteiger partial charge is 0.0852 e. The van der Waals surface area contributed by atoms with Gasteiger partial charge in [-0.25, -0.2) is 0 Å². The zero-order chi connectivity index (χ0) is 13.4. The molecule has 0 fully saturated rings. The van der Waals surface area contributed by atoms with Gasteiger partial charge in [0, 0.05) is 0 Å². The number of aryl methyl sites for hydroxylation is 1. The SMILES string of the molecule is Cc1ccc2ccccc2c1C(Cl)c1csc(I)c1. The number of hydrogen-bond acceptors (Lipinski definition) is 1. The third-order valence-corrected chi connectivity index (χ3v) is 5.60. The van der Waals surface area contributed by atoms with Gasteiger partial charge in [-0.1, -0.05) is 36.4 Å². The van der Waals surface area contributed by atoms with Crippen LogP contribution in [0.15, 0.2) is 47.8 Å². The molecule has 0 N–H and O–H groups in total. The van der Waals surface area contributed by atoms with Crippen LogP contribution in [0.4, 0.5) is 0 Å². The Morgan fingerprint density at radius 3 is 2.68 bits per heavy atom. The highest BCUT2D eigenvalue weighted by atomic mass is 127. The number of thiophene rings is 1. The van der Waals surface area contributed by atoms with Crippen LogP contribution in [0.1, 0.15) is 22.1 Å². The Morgan fingerprint density at radius 2 is 1.95 bits per heavy atom. The fourth-order valence-corrected chi connectivity index (χ4v) is 4.25. The quantitative estimate of drug-likeness (QED) is 0.359. The van der Waals surface area contributed by atoms with Crippen LogP contribution in [0, 0.1) is 9.81 Å². The number of hydrogen-bond donors (Lipinski definition) is 0. The lowest BCUT2D eigenvalue weighted by Crippen LogP contribution is -1.96. The molecular formula is C16H12ClIS. The first-order valence-electron chi connectivity index (χ1n) is 6.03. The molecule has 0 bridgehead atoms. The van der Waals surface area contributed by atoms with Crippen molar-refractivity contribution in [3.8, 4) is 0 Å². The molecule has 3 aromatic rings. The van der Waals surface area contributed by atoms with Gasteiger partial charge in [-0.2, -0.15) is 0 Å². The molecule has 0 aliphatic carbocycles. The molecule has 0 aliphatic rings. The molecule has 1 atom stereocenters. The fraction of sp³-hybridized carbons (Fsp3) is 0.125. The maximum atomic E-state index is 6.73. The van der Waals surface area contributed by atoms with Gasteiger partial charge in [-0.3, -0.25) is 0 Å². The predicted octanol–water partition coefficient (Wildman–Crippen LogP) is 6.14. The van der Waals surface area contributed by atoms with Gasteiger partial charge in [-0.05, 0) is 68.4 Å². The summed E-state index contributed by atoms with van der Waals surface area (Å²) in [6.07, 6.45) is 0. The Bertz CT molecular complexity index is 732. The van der Waals surface area contributed by atoms with Crippen LogP contribution in [0.25, 0.3) is 10.8 Å². The molecular weight excluding hydrogens is 387 g/mol. The number of fused-ring (bicyclic) bond motifs is 1. The summed E-state index contributed by atoms with van der Waals surface area (Å²) in [7, 11) is 0. The van der Waals surface area contributed by atoms with E-state index in [1.807, 2.05) is 0 Å². The lowest BCUT2D eigenvalue weighted by atomic mass is 9.95. The Morgan fingerprint density at radius 1 is 1.16 bits per heavy atom. The van der Waals surface area contributed by atoms with Crippen molar-refractivity contribution < 1.29 is 0 Å². The van der Waals surface area contributed by atoms with Crippen LogP contribution in [0.2, 0.25) is 0 Å². The average molecular weight is 399 g/mol. The Balaban J connectivity index is 2.21. The second-order valence-electron chi connectivity index (χ2n) is 4.56. The second kappa shape index (κ2) is 5.43. The summed E-state index contributed by atoms with van der Waals surface area (Å²) in [5.41, 5.74) is 3.67. The van der Waals surface area contributed by atoms with Crippen molar-refractivity contribution in [2.24, 2.45) is 0 Å². The van der Waals surface area contributed by atoms with Crippen LogP contribution >= 0.6 is 45.5 Å². The van der Waals surface area contributed by atoms with Gasteiger partial charge in [0.25, 0.3) is 0 Å². The Hall–Kier alpha value is -0.580. The maximum absolute atomic E-state index is 6.73. The zero-order valence-corrected chi connectivity index (χ0v) is 14.1. The molecule has 0 nitrogen and oxygen atoms in total. The van der Waals surface area contributed by atoms with E-state index in [0.29, 0.717) is 0 Å². The van der Waals surface area contributed by atoms with Gasteiger partial charge in [0.1, 0.15) is 0 Å². The third kappa shape index (κ3) is 2.54. The highest BCUT2D eigenvalue weighted by Crippen LogP contribution is 2.37. The van der Waals surface area contributed by atoms with Gasteiger partial charge >= 0.3 is 0 Å². The van der Waals surface area contributed by atoms with Crippen molar-refractivity contribution in [3.63, 3.8) is 0 Å². The second-order valence-corrected chi connectivity index (χ2v) is 7.81. The first-order valence-corrected chi connectivity index (χ1v) is 8.42. The molecule has 1 heterocycles. The van der Waals surface area contributed by atoms with Crippen LogP contribution < -0.4 is 0 Å². The van der Waals surface area contributed by atoms with E-state index < -0.39 is 0 Å². The molecule has 0 saturated carbocycles. The molecule has 0 amide bonds. The summed E-state index contributed by atoms with van der Waals surface area (Å²) in [5.74, 6) is 0. The number of halogens is 2. The van der Waals surface area contributed by atoms with Gasteiger partial charge in [-0.15, -0.1) is 22.9 Å². The number of alkyl halides is 1. The first kappa shape index (κ1) is 13.4. The van der Waals surface area contributed by atoms with Crippen molar-refractivity contribution >= 4 is 56.3 Å². The predicted molar refractivity (Wildman–Crippen MR) is 93.4 cm³/mol. The van der Waals surface area contributed by atoms with E-state index in [4.69, 9.17) is 11.6 Å². The molecule has 3 heteroatoms. The fourth-order valence-electron chi connectivity index (χ4n) is 2.36. The molecule has 0 aliphatic heterocycles. The lowest BCUT2D eigenvalue weighted by molar-refractivity contribution is 1.14. The van der Waals surface area contributed by atoms with Gasteiger partial charge in [0.15, 0.2) is 0 Å². The molecule has 0 spiro atoms. The van der Waals surface area contributed by atoms with Gasteiger partial charge in [0.05, 0.1) is 8.26 Å². The van der Waals surface area contributed by atoms with Crippen LogP contribution in [-0.4, -0.2) is 0 Å². The highest BCUT2D eigenvalue weighted by molar-refractivity contribution is 14.1. The molecule has 19 heavy (non-hydrogen) atoms. The van der Waals surface area contributed by atoms with Crippen molar-refractivity contribution in [1.82, 2.24) is 0 Å². The van der Waals surface area contributed by atoms with E-state index in [0.717, 1.165) is 0 Å². The standard InChI is InChI=1S/C16H12ClIS/c1-10-6-7-11-4-2-3-5-13(11)15(10)16(17)12-8-14(18)19-9-12/h2-9,16H,1H3.